The Hall–Kier alpha value is -1.14. The number of rotatable bonds is 4. The summed E-state index contributed by atoms with van der Waals surface area (Å²) in [5.74, 6) is -0.528. The van der Waals surface area contributed by atoms with Crippen molar-refractivity contribution in [2.24, 2.45) is 5.73 Å². The third-order valence-corrected chi connectivity index (χ3v) is 2.48. The lowest BCUT2D eigenvalue weighted by atomic mass is 9.86. The Morgan fingerprint density at radius 1 is 1.27 bits per heavy atom. The average Bonchev–Trinajstić information content (AvgIpc) is 1.97. The quantitative estimate of drug-likeness (QED) is 0.500. The first kappa shape index (κ1) is 13.9. The van der Waals surface area contributed by atoms with Gasteiger partial charge in [0.2, 0.25) is 5.91 Å². The molecule has 88 valence electrons. The van der Waals surface area contributed by atoms with Crippen LogP contribution in [-0.4, -0.2) is 34.7 Å². The van der Waals surface area contributed by atoms with Crippen molar-refractivity contribution in [2.75, 3.05) is 6.54 Å². The fraction of sp³-hybridized carbons (Fsp3) is 0.778. The normalized spacial score (nSPS) is 12.3. The molecule has 0 unspecified atom stereocenters. The van der Waals surface area contributed by atoms with Crippen molar-refractivity contribution in [3.63, 3.8) is 0 Å². The first-order valence-electron chi connectivity index (χ1n) is 4.63. The highest BCUT2D eigenvalue weighted by Crippen LogP contribution is 2.19. The zero-order valence-electron chi connectivity index (χ0n) is 9.55. The molecule has 0 saturated heterocycles. The number of hydrogen-bond donors (Lipinski definition) is 4. The Bertz CT molecular complexity index is 256. The first-order valence-corrected chi connectivity index (χ1v) is 4.63. The van der Waals surface area contributed by atoms with Crippen molar-refractivity contribution in [3.05, 3.63) is 0 Å². The second-order valence-electron chi connectivity index (χ2n) is 4.45. The summed E-state index contributed by atoms with van der Waals surface area (Å²) in [5.41, 5.74) is 3.13. The van der Waals surface area contributed by atoms with E-state index in [1.807, 2.05) is 5.32 Å². The highest BCUT2D eigenvalue weighted by molar-refractivity contribution is 5.94. The second kappa shape index (κ2) is 4.59. The lowest BCUT2D eigenvalue weighted by Crippen LogP contribution is -2.58. The molecule has 0 aliphatic heterocycles. The Balaban J connectivity index is 4.16. The van der Waals surface area contributed by atoms with E-state index in [2.05, 4.69) is 5.32 Å². The molecule has 6 nitrogen and oxygen atoms in total. The predicted octanol–water partition coefficient (Wildman–Crippen LogP) is -0.680. The van der Waals surface area contributed by atoms with E-state index >= 15 is 0 Å². The van der Waals surface area contributed by atoms with Crippen LogP contribution < -0.4 is 16.4 Å². The molecule has 0 aromatic heterocycles. The minimum atomic E-state index is -0.986. The molecule has 5 N–H and O–H groups in total. The van der Waals surface area contributed by atoms with Gasteiger partial charge in [0, 0.05) is 5.54 Å². The van der Waals surface area contributed by atoms with Gasteiger partial charge in [0.15, 0.2) is 0 Å². The summed E-state index contributed by atoms with van der Waals surface area (Å²) < 4.78 is 0. The molecule has 0 fully saturated rings. The van der Waals surface area contributed by atoms with E-state index in [1.54, 1.807) is 27.7 Å². The molecule has 0 rings (SSSR count). The highest BCUT2D eigenvalue weighted by atomic mass is 16.3. The zero-order valence-corrected chi connectivity index (χ0v) is 9.55. The first-order chi connectivity index (χ1) is 6.56. The topological polar surface area (TPSA) is 104 Å². The van der Waals surface area contributed by atoms with Crippen molar-refractivity contribution in [3.8, 4) is 0 Å². The van der Waals surface area contributed by atoms with Gasteiger partial charge in [-0.3, -0.25) is 10.1 Å². The summed E-state index contributed by atoms with van der Waals surface area (Å²) in [7, 11) is 0. The fourth-order valence-corrected chi connectivity index (χ4v) is 0.699. The van der Waals surface area contributed by atoms with Crippen LogP contribution in [-0.2, 0) is 4.79 Å². The number of urea groups is 1. The van der Waals surface area contributed by atoms with Gasteiger partial charge in [-0.1, -0.05) is 0 Å². The van der Waals surface area contributed by atoms with Gasteiger partial charge in [0.25, 0.3) is 0 Å². The van der Waals surface area contributed by atoms with E-state index in [-0.39, 0.29) is 6.54 Å². The van der Waals surface area contributed by atoms with Crippen molar-refractivity contribution in [1.29, 1.82) is 0 Å². The molecule has 0 bridgehead atoms. The summed E-state index contributed by atoms with van der Waals surface area (Å²) in [6, 6.07) is -0.886. The van der Waals surface area contributed by atoms with Crippen molar-refractivity contribution >= 4 is 11.9 Å². The molecule has 0 aromatic carbocycles. The van der Waals surface area contributed by atoms with Gasteiger partial charge in [0.05, 0.1) is 12.1 Å². The standard InChI is InChI=1S/C9H19N3O3/c1-8(2,9(3,4)15)11-5-6(13)12-7(10)14/h11,15H,5H2,1-4H3,(H3,10,12,13,14). The summed E-state index contributed by atoms with van der Waals surface area (Å²) in [6.45, 7) is 6.69. The maximum atomic E-state index is 11.1. The van der Waals surface area contributed by atoms with E-state index in [4.69, 9.17) is 5.73 Å². The molecule has 0 aliphatic rings. The van der Waals surface area contributed by atoms with Gasteiger partial charge in [-0.05, 0) is 27.7 Å². The average molecular weight is 217 g/mol. The molecule has 15 heavy (non-hydrogen) atoms. The van der Waals surface area contributed by atoms with Gasteiger partial charge in [-0.25, -0.2) is 4.79 Å². The molecular weight excluding hydrogens is 198 g/mol. The third-order valence-electron chi connectivity index (χ3n) is 2.48. The van der Waals surface area contributed by atoms with E-state index in [9.17, 15) is 14.7 Å². The highest BCUT2D eigenvalue weighted by Gasteiger charge is 2.34. The second-order valence-corrected chi connectivity index (χ2v) is 4.45. The molecule has 0 spiro atoms. The lowest BCUT2D eigenvalue weighted by molar-refractivity contribution is -0.120. The van der Waals surface area contributed by atoms with Crippen molar-refractivity contribution in [1.82, 2.24) is 10.6 Å². The molecule has 0 aromatic rings. The van der Waals surface area contributed by atoms with Gasteiger partial charge >= 0.3 is 6.03 Å². The van der Waals surface area contributed by atoms with E-state index in [0.717, 1.165) is 0 Å². The van der Waals surface area contributed by atoms with Gasteiger partial charge in [0.1, 0.15) is 0 Å². The lowest BCUT2D eigenvalue weighted by Gasteiger charge is -2.38. The van der Waals surface area contributed by atoms with Crippen LogP contribution in [0.25, 0.3) is 0 Å². The number of imide groups is 1. The number of primary amides is 1. The number of nitrogens with one attached hydrogen (secondary N) is 2. The number of hydrogen-bond acceptors (Lipinski definition) is 4. The monoisotopic (exact) mass is 217 g/mol. The Morgan fingerprint density at radius 2 is 1.73 bits per heavy atom. The number of amides is 3. The molecule has 0 saturated carbocycles. The Kier molecular flexibility index (Phi) is 4.24. The van der Waals surface area contributed by atoms with Crippen LogP contribution in [0.15, 0.2) is 0 Å². The van der Waals surface area contributed by atoms with Crippen LogP contribution in [0.4, 0.5) is 4.79 Å². The number of carbonyl (C=O) groups excluding carboxylic acids is 2. The maximum Gasteiger partial charge on any atom is 0.318 e. The molecule has 0 radical (unpaired) electrons. The van der Waals surface area contributed by atoms with Gasteiger partial charge < -0.3 is 16.2 Å². The van der Waals surface area contributed by atoms with Crippen molar-refractivity contribution in [2.45, 2.75) is 38.8 Å². The minimum Gasteiger partial charge on any atom is -0.389 e. The number of nitrogens with two attached hydrogens (primary N) is 1. The Morgan fingerprint density at radius 3 is 2.07 bits per heavy atom. The maximum absolute atomic E-state index is 11.1. The van der Waals surface area contributed by atoms with Crippen molar-refractivity contribution < 1.29 is 14.7 Å². The van der Waals surface area contributed by atoms with Crippen LogP contribution in [0.2, 0.25) is 0 Å². The Labute approximate surface area is 89.2 Å². The zero-order chi connectivity index (χ0) is 12.3. The summed E-state index contributed by atoms with van der Waals surface area (Å²) in [4.78, 5) is 21.4. The molecule has 3 amide bonds. The van der Waals surface area contributed by atoms with Crippen LogP contribution in [0.1, 0.15) is 27.7 Å². The largest absolute Gasteiger partial charge is 0.389 e. The summed E-state index contributed by atoms with van der Waals surface area (Å²) in [6.07, 6.45) is 0. The molecular formula is C9H19N3O3. The SMILES string of the molecule is CC(C)(O)C(C)(C)NCC(=O)NC(N)=O. The number of aliphatic hydroxyl groups is 1. The van der Waals surface area contributed by atoms with E-state index in [1.165, 1.54) is 0 Å². The molecule has 0 aliphatic carbocycles. The molecule has 0 heterocycles. The summed E-state index contributed by atoms with van der Waals surface area (Å²) >= 11 is 0. The molecule has 6 heteroatoms. The smallest absolute Gasteiger partial charge is 0.318 e. The van der Waals surface area contributed by atoms with Crippen LogP contribution in [0, 0.1) is 0 Å². The number of carbonyl (C=O) groups is 2. The van der Waals surface area contributed by atoms with Gasteiger partial charge in [-0.2, -0.15) is 0 Å². The summed E-state index contributed by atoms with van der Waals surface area (Å²) in [5, 5.41) is 14.5. The minimum absolute atomic E-state index is 0.0834. The molecule has 0 atom stereocenters. The fourth-order valence-electron chi connectivity index (χ4n) is 0.699. The van der Waals surface area contributed by atoms with Gasteiger partial charge in [-0.15, -0.1) is 0 Å². The van der Waals surface area contributed by atoms with E-state index < -0.39 is 23.1 Å². The third kappa shape index (κ3) is 4.75. The van der Waals surface area contributed by atoms with Crippen LogP contribution in [0.5, 0.6) is 0 Å². The van der Waals surface area contributed by atoms with E-state index in [0.29, 0.717) is 0 Å². The van der Waals surface area contributed by atoms with Crippen LogP contribution >= 0.6 is 0 Å². The van der Waals surface area contributed by atoms with Crippen LogP contribution in [0.3, 0.4) is 0 Å². The predicted molar refractivity (Wildman–Crippen MR) is 56.1 cm³/mol.